The number of hydrogen-bond acceptors (Lipinski definition) is 6. The van der Waals surface area contributed by atoms with E-state index >= 15 is 0 Å². The van der Waals surface area contributed by atoms with Gasteiger partial charge in [-0.1, -0.05) is 11.6 Å². The first-order valence-electron chi connectivity index (χ1n) is 12.4. The van der Waals surface area contributed by atoms with Gasteiger partial charge in [-0.2, -0.15) is 0 Å². The second-order valence-corrected chi connectivity index (χ2v) is 11.5. The molecule has 0 spiro atoms. The summed E-state index contributed by atoms with van der Waals surface area (Å²) >= 11 is 9.77. The van der Waals surface area contributed by atoms with E-state index in [-0.39, 0.29) is 17.9 Å². The molecule has 1 heterocycles. The molecule has 0 aromatic heterocycles. The Labute approximate surface area is 238 Å². The van der Waals surface area contributed by atoms with Crippen LogP contribution in [0.15, 0.2) is 34.8 Å². The number of nitrogens with zero attached hydrogens (tertiary/aromatic N) is 2. The minimum atomic E-state index is -0.566. The van der Waals surface area contributed by atoms with Crippen molar-refractivity contribution in [3.8, 4) is 17.2 Å². The molecule has 2 aromatic rings. The van der Waals surface area contributed by atoms with E-state index in [0.717, 1.165) is 15.6 Å². The smallest absolute Gasteiger partial charge is 0.410 e. The molecule has 0 saturated carbocycles. The van der Waals surface area contributed by atoms with Gasteiger partial charge >= 0.3 is 6.09 Å². The van der Waals surface area contributed by atoms with E-state index in [0.29, 0.717) is 61.3 Å². The molecule has 3 rings (SSSR count). The van der Waals surface area contributed by atoms with Crippen molar-refractivity contribution < 1.29 is 28.5 Å². The van der Waals surface area contributed by atoms with Gasteiger partial charge in [0.2, 0.25) is 5.91 Å². The summed E-state index contributed by atoms with van der Waals surface area (Å²) in [6.45, 7) is 7.07. The van der Waals surface area contributed by atoms with Crippen LogP contribution in [0.4, 0.5) is 4.79 Å². The van der Waals surface area contributed by atoms with Crippen LogP contribution in [-0.2, 0) is 22.6 Å². The van der Waals surface area contributed by atoms with E-state index < -0.39 is 5.60 Å². The molecule has 0 radical (unpaired) electrons. The second-order valence-electron chi connectivity index (χ2n) is 10.2. The zero-order valence-corrected chi connectivity index (χ0v) is 25.1. The SMILES string of the molecule is COc1ccc(CN(Cc2cc(Br)c(Cl)cc2OC)C(=O)C2CCN(C(=O)OC(C)(C)C)CC2)c(OC)c1. The molecule has 0 aliphatic carbocycles. The molecule has 0 unspecified atom stereocenters. The van der Waals surface area contributed by atoms with Gasteiger partial charge in [-0.15, -0.1) is 0 Å². The summed E-state index contributed by atoms with van der Waals surface area (Å²) in [7, 11) is 4.77. The molecule has 1 saturated heterocycles. The molecular formula is C28H36BrClN2O6. The van der Waals surface area contributed by atoms with Gasteiger partial charge in [0.1, 0.15) is 22.8 Å². The molecule has 1 aliphatic rings. The van der Waals surface area contributed by atoms with Crippen LogP contribution >= 0.6 is 27.5 Å². The lowest BCUT2D eigenvalue weighted by atomic mass is 9.95. The molecule has 2 aromatic carbocycles. The van der Waals surface area contributed by atoms with Crippen molar-refractivity contribution in [2.45, 2.75) is 52.3 Å². The Morgan fingerprint density at radius 3 is 2.16 bits per heavy atom. The van der Waals surface area contributed by atoms with Crippen LogP contribution in [0.5, 0.6) is 17.2 Å². The predicted octanol–water partition coefficient (Wildman–Crippen LogP) is 6.30. The molecule has 0 atom stereocenters. The summed E-state index contributed by atoms with van der Waals surface area (Å²) in [6, 6.07) is 9.16. The van der Waals surface area contributed by atoms with E-state index in [2.05, 4.69) is 15.9 Å². The third-order valence-corrected chi connectivity index (χ3v) is 7.54. The first-order chi connectivity index (χ1) is 17.9. The van der Waals surface area contributed by atoms with Gasteiger partial charge in [-0.25, -0.2) is 4.79 Å². The number of ether oxygens (including phenoxy) is 4. The Hall–Kier alpha value is -2.65. The number of likely N-dealkylation sites (tertiary alicyclic amines) is 1. The minimum absolute atomic E-state index is 0.000152. The maximum atomic E-state index is 13.9. The quantitative estimate of drug-likeness (QED) is 0.349. The Morgan fingerprint density at radius 1 is 0.974 bits per heavy atom. The molecule has 0 bridgehead atoms. The predicted molar refractivity (Wildman–Crippen MR) is 150 cm³/mol. The van der Waals surface area contributed by atoms with Crippen LogP contribution in [0.1, 0.15) is 44.7 Å². The average molecular weight is 612 g/mol. The standard InChI is InChI=1S/C28H36BrClN2O6/c1-28(2,3)38-27(34)31-11-9-18(10-12-31)26(33)32(16-19-7-8-21(35-4)14-24(19)36-5)17-20-13-22(29)23(30)15-25(20)37-6/h7-8,13-15,18H,9-12,16-17H2,1-6H3. The molecule has 10 heteroatoms. The largest absolute Gasteiger partial charge is 0.497 e. The van der Waals surface area contributed by atoms with Crippen LogP contribution in [-0.4, -0.2) is 61.8 Å². The Bertz CT molecular complexity index is 1140. The van der Waals surface area contributed by atoms with E-state index in [9.17, 15) is 9.59 Å². The molecule has 0 N–H and O–H groups in total. The molecule has 8 nitrogen and oxygen atoms in total. The zero-order chi connectivity index (χ0) is 28.0. The lowest BCUT2D eigenvalue weighted by molar-refractivity contribution is -0.138. The summed E-state index contributed by atoms with van der Waals surface area (Å²) in [5.74, 6) is 1.66. The summed E-state index contributed by atoms with van der Waals surface area (Å²) in [6.07, 6.45) is 0.755. The fourth-order valence-electron chi connectivity index (χ4n) is 4.38. The zero-order valence-electron chi connectivity index (χ0n) is 22.8. The van der Waals surface area contributed by atoms with Crippen molar-refractivity contribution in [2.24, 2.45) is 5.92 Å². The van der Waals surface area contributed by atoms with Gasteiger partial charge in [0.15, 0.2) is 0 Å². The Kier molecular flexibility index (Phi) is 10.2. The van der Waals surface area contributed by atoms with Crippen molar-refractivity contribution in [1.82, 2.24) is 9.80 Å². The van der Waals surface area contributed by atoms with Gasteiger partial charge in [-0.3, -0.25) is 4.79 Å². The lowest BCUT2D eigenvalue weighted by Crippen LogP contribution is -2.45. The van der Waals surface area contributed by atoms with Gasteiger partial charge in [0, 0.05) is 59.8 Å². The van der Waals surface area contributed by atoms with Crippen LogP contribution in [0, 0.1) is 5.92 Å². The van der Waals surface area contributed by atoms with E-state index in [1.165, 1.54) is 0 Å². The Balaban J connectivity index is 1.85. The first-order valence-corrected chi connectivity index (χ1v) is 13.6. The number of benzene rings is 2. The van der Waals surface area contributed by atoms with Crippen LogP contribution < -0.4 is 14.2 Å². The first kappa shape index (κ1) is 29.9. The number of hydrogen-bond donors (Lipinski definition) is 0. The molecular weight excluding hydrogens is 576 g/mol. The molecule has 38 heavy (non-hydrogen) atoms. The van der Waals surface area contributed by atoms with Crippen LogP contribution in [0.3, 0.4) is 0 Å². The fraction of sp³-hybridized carbons (Fsp3) is 0.500. The second kappa shape index (κ2) is 12.9. The summed E-state index contributed by atoms with van der Waals surface area (Å²) < 4.78 is 22.7. The number of rotatable bonds is 8. The lowest BCUT2D eigenvalue weighted by Gasteiger charge is -2.35. The van der Waals surface area contributed by atoms with Gasteiger partial charge in [0.05, 0.1) is 26.4 Å². The van der Waals surface area contributed by atoms with Crippen molar-refractivity contribution >= 4 is 39.5 Å². The molecule has 2 amide bonds. The highest BCUT2D eigenvalue weighted by molar-refractivity contribution is 9.10. The highest BCUT2D eigenvalue weighted by Crippen LogP contribution is 2.34. The van der Waals surface area contributed by atoms with Crippen molar-refractivity contribution in [1.29, 1.82) is 0 Å². The van der Waals surface area contributed by atoms with Crippen molar-refractivity contribution in [3.05, 3.63) is 51.0 Å². The van der Waals surface area contributed by atoms with Gasteiger partial charge < -0.3 is 28.7 Å². The number of methoxy groups -OCH3 is 3. The maximum Gasteiger partial charge on any atom is 0.410 e. The van der Waals surface area contributed by atoms with Crippen LogP contribution in [0.25, 0.3) is 0 Å². The van der Waals surface area contributed by atoms with E-state index in [4.69, 9.17) is 30.5 Å². The number of piperidine rings is 1. The van der Waals surface area contributed by atoms with E-state index in [1.54, 1.807) is 43.3 Å². The summed E-state index contributed by atoms with van der Waals surface area (Å²) in [5.41, 5.74) is 1.10. The highest BCUT2D eigenvalue weighted by Gasteiger charge is 2.33. The van der Waals surface area contributed by atoms with E-state index in [1.807, 2.05) is 39.0 Å². The van der Waals surface area contributed by atoms with Crippen molar-refractivity contribution in [2.75, 3.05) is 34.4 Å². The number of carbonyl (C=O) groups excluding carboxylic acids is 2. The average Bonchev–Trinajstić information content (AvgIpc) is 2.89. The van der Waals surface area contributed by atoms with Crippen molar-refractivity contribution in [3.63, 3.8) is 0 Å². The molecule has 208 valence electrons. The monoisotopic (exact) mass is 610 g/mol. The number of carbonyl (C=O) groups is 2. The molecule has 1 fully saturated rings. The number of amides is 2. The summed E-state index contributed by atoms with van der Waals surface area (Å²) in [4.78, 5) is 29.9. The normalized spacial score (nSPS) is 14.2. The maximum absolute atomic E-state index is 13.9. The fourth-order valence-corrected chi connectivity index (χ4v) is 4.93. The van der Waals surface area contributed by atoms with Gasteiger partial charge in [0.25, 0.3) is 0 Å². The minimum Gasteiger partial charge on any atom is -0.497 e. The third kappa shape index (κ3) is 7.69. The van der Waals surface area contributed by atoms with Crippen LogP contribution in [0.2, 0.25) is 5.02 Å². The molecule has 1 aliphatic heterocycles. The highest BCUT2D eigenvalue weighted by atomic mass is 79.9. The Morgan fingerprint density at radius 2 is 1.58 bits per heavy atom. The third-order valence-electron chi connectivity index (χ3n) is 6.35. The number of halogens is 2. The summed E-state index contributed by atoms with van der Waals surface area (Å²) in [5, 5.41) is 0.523. The topological polar surface area (TPSA) is 77.5 Å². The van der Waals surface area contributed by atoms with Gasteiger partial charge in [-0.05, 0) is 67.7 Å².